The van der Waals surface area contributed by atoms with Gasteiger partial charge in [-0.2, -0.15) is 0 Å². The van der Waals surface area contributed by atoms with Gasteiger partial charge in [0.1, 0.15) is 22.3 Å². The van der Waals surface area contributed by atoms with Gasteiger partial charge in [-0.15, -0.1) is 0 Å². The van der Waals surface area contributed by atoms with Gasteiger partial charge in [-0.3, -0.25) is 0 Å². The number of rotatable bonds is 4. The second-order valence-electron chi connectivity index (χ2n) is 15.3. The third-order valence-electron chi connectivity index (χ3n) is 12.1. The SMILES string of the molecule is c1ccc(-c2cc3c(cc2-c2ccc4c(c2)c2ccccc2n4-c2ccc4oc5ccccc5c4c2)c2ccccc2n3-c2ccc3oc4ccccc4c3c2)cc1. The van der Waals surface area contributed by atoms with Crippen molar-refractivity contribution in [3.8, 4) is 33.6 Å². The van der Waals surface area contributed by atoms with Gasteiger partial charge < -0.3 is 18.0 Å². The molecule has 0 fully saturated rings. The van der Waals surface area contributed by atoms with E-state index in [-0.39, 0.29) is 0 Å². The zero-order valence-electron chi connectivity index (χ0n) is 31.2. The van der Waals surface area contributed by atoms with Crippen LogP contribution in [0.25, 0.3) is 121 Å². The van der Waals surface area contributed by atoms with Crippen molar-refractivity contribution in [3.63, 3.8) is 0 Å². The molecule has 4 heteroatoms. The largest absolute Gasteiger partial charge is 0.456 e. The maximum atomic E-state index is 6.24. The predicted octanol–water partition coefficient (Wildman–Crippen LogP) is 15.0. The second kappa shape index (κ2) is 11.8. The van der Waals surface area contributed by atoms with Crippen molar-refractivity contribution in [2.75, 3.05) is 0 Å². The maximum absolute atomic E-state index is 6.24. The Hall–Kier alpha value is -7.82. The molecule has 0 spiro atoms. The van der Waals surface area contributed by atoms with Gasteiger partial charge in [0.25, 0.3) is 0 Å². The summed E-state index contributed by atoms with van der Waals surface area (Å²) in [7, 11) is 0. The Balaban J connectivity index is 1.06. The zero-order chi connectivity index (χ0) is 37.9. The fourth-order valence-corrected chi connectivity index (χ4v) is 9.51. The molecule has 58 heavy (non-hydrogen) atoms. The zero-order valence-corrected chi connectivity index (χ0v) is 31.2. The molecule has 0 saturated carbocycles. The van der Waals surface area contributed by atoms with E-state index in [0.29, 0.717) is 0 Å². The molecule has 4 aromatic heterocycles. The minimum absolute atomic E-state index is 0.894. The van der Waals surface area contributed by atoms with Crippen molar-refractivity contribution in [1.29, 1.82) is 0 Å². The standard InChI is InChI=1S/C54H32N2O2/c1-2-12-33(13-3-1)42-32-50-44(38-15-5-9-19-48(38)56(50)36-24-27-54-46(30-36)40-17-7-11-21-52(40)58-54)31-41(42)34-22-25-49-43(28-34)37-14-4-8-18-47(37)55(49)35-23-26-53-45(29-35)39-16-6-10-20-51(39)57-53/h1-32H. The molecule has 0 unspecified atom stereocenters. The summed E-state index contributed by atoms with van der Waals surface area (Å²) in [5.41, 5.74) is 15.2. The smallest absolute Gasteiger partial charge is 0.135 e. The van der Waals surface area contributed by atoms with Gasteiger partial charge in [0.15, 0.2) is 0 Å². The van der Waals surface area contributed by atoms with Crippen LogP contribution in [0, 0.1) is 0 Å². The number of nitrogens with zero attached hydrogens (tertiary/aromatic N) is 2. The maximum Gasteiger partial charge on any atom is 0.135 e. The highest BCUT2D eigenvalue weighted by Gasteiger charge is 2.20. The van der Waals surface area contributed by atoms with Crippen LogP contribution in [0.4, 0.5) is 0 Å². The summed E-state index contributed by atoms with van der Waals surface area (Å²) in [6.07, 6.45) is 0. The van der Waals surface area contributed by atoms with Gasteiger partial charge >= 0.3 is 0 Å². The summed E-state index contributed by atoms with van der Waals surface area (Å²) in [6.45, 7) is 0. The van der Waals surface area contributed by atoms with Gasteiger partial charge in [-0.05, 0) is 107 Å². The van der Waals surface area contributed by atoms with Crippen LogP contribution in [-0.4, -0.2) is 9.13 Å². The van der Waals surface area contributed by atoms with Gasteiger partial charge in [0.05, 0.1) is 22.1 Å². The Morgan fingerprint density at radius 3 is 1.34 bits per heavy atom. The molecule has 270 valence electrons. The molecule has 4 nitrogen and oxygen atoms in total. The van der Waals surface area contributed by atoms with E-state index >= 15 is 0 Å². The molecule has 0 aliphatic rings. The van der Waals surface area contributed by atoms with E-state index in [2.05, 4.69) is 179 Å². The first-order valence-electron chi connectivity index (χ1n) is 19.7. The molecule has 0 atom stereocenters. The van der Waals surface area contributed by atoms with Gasteiger partial charge in [0, 0.05) is 54.5 Å². The quantitative estimate of drug-likeness (QED) is 0.180. The van der Waals surface area contributed by atoms with Crippen LogP contribution in [-0.2, 0) is 0 Å². The van der Waals surface area contributed by atoms with Gasteiger partial charge in [0.2, 0.25) is 0 Å². The molecule has 4 heterocycles. The minimum Gasteiger partial charge on any atom is -0.456 e. The highest BCUT2D eigenvalue weighted by molar-refractivity contribution is 6.15. The van der Waals surface area contributed by atoms with Crippen molar-refractivity contribution in [2.45, 2.75) is 0 Å². The summed E-state index contributed by atoms with van der Waals surface area (Å²) in [4.78, 5) is 0. The number of furan rings is 2. The monoisotopic (exact) mass is 740 g/mol. The van der Waals surface area contributed by atoms with Crippen LogP contribution in [0.3, 0.4) is 0 Å². The van der Waals surface area contributed by atoms with Crippen LogP contribution >= 0.6 is 0 Å². The highest BCUT2D eigenvalue weighted by Crippen LogP contribution is 2.44. The minimum atomic E-state index is 0.894. The van der Waals surface area contributed by atoms with E-state index in [0.717, 1.165) is 60.8 Å². The lowest BCUT2D eigenvalue weighted by Gasteiger charge is -2.14. The number of hydrogen-bond donors (Lipinski definition) is 0. The van der Waals surface area contributed by atoms with E-state index in [4.69, 9.17) is 8.83 Å². The molecular weight excluding hydrogens is 709 g/mol. The number of hydrogen-bond acceptors (Lipinski definition) is 2. The lowest BCUT2D eigenvalue weighted by Crippen LogP contribution is -1.95. The summed E-state index contributed by atoms with van der Waals surface area (Å²) < 4.78 is 17.3. The van der Waals surface area contributed by atoms with E-state index in [1.54, 1.807) is 0 Å². The van der Waals surface area contributed by atoms with E-state index < -0.39 is 0 Å². The third-order valence-corrected chi connectivity index (χ3v) is 12.1. The van der Waals surface area contributed by atoms with E-state index in [9.17, 15) is 0 Å². The normalized spacial score (nSPS) is 12.1. The number of para-hydroxylation sites is 4. The Kier molecular flexibility index (Phi) is 6.41. The molecule has 0 N–H and O–H groups in total. The van der Waals surface area contributed by atoms with Crippen LogP contribution in [0.5, 0.6) is 0 Å². The number of benzene rings is 9. The molecule has 0 amide bonds. The molecule has 0 bridgehead atoms. The Morgan fingerprint density at radius 1 is 0.259 bits per heavy atom. The van der Waals surface area contributed by atoms with Crippen molar-refractivity contribution in [1.82, 2.24) is 9.13 Å². The lowest BCUT2D eigenvalue weighted by molar-refractivity contribution is 0.668. The lowest BCUT2D eigenvalue weighted by atomic mass is 9.92. The second-order valence-corrected chi connectivity index (χ2v) is 15.3. The first kappa shape index (κ1) is 31.4. The average molecular weight is 741 g/mol. The van der Waals surface area contributed by atoms with E-state index in [1.165, 1.54) is 60.3 Å². The van der Waals surface area contributed by atoms with E-state index in [1.807, 2.05) is 24.3 Å². The Bertz CT molecular complexity index is 3800. The Morgan fingerprint density at radius 2 is 0.724 bits per heavy atom. The van der Waals surface area contributed by atoms with Crippen LogP contribution in [0.2, 0.25) is 0 Å². The summed E-state index contributed by atoms with van der Waals surface area (Å²) in [5.74, 6) is 0. The van der Waals surface area contributed by atoms with Crippen molar-refractivity contribution < 1.29 is 8.83 Å². The first-order valence-corrected chi connectivity index (χ1v) is 19.7. The van der Waals surface area contributed by atoms with Crippen molar-refractivity contribution in [2.24, 2.45) is 0 Å². The van der Waals surface area contributed by atoms with Crippen LogP contribution in [0.15, 0.2) is 203 Å². The first-order chi connectivity index (χ1) is 28.7. The highest BCUT2D eigenvalue weighted by atomic mass is 16.3. The molecule has 9 aromatic carbocycles. The van der Waals surface area contributed by atoms with Crippen molar-refractivity contribution >= 4 is 87.5 Å². The third kappa shape index (κ3) is 4.45. The Labute approximate surface area is 332 Å². The number of aromatic nitrogens is 2. The molecule has 0 radical (unpaired) electrons. The van der Waals surface area contributed by atoms with Crippen molar-refractivity contribution in [3.05, 3.63) is 194 Å². The van der Waals surface area contributed by atoms with Crippen LogP contribution < -0.4 is 0 Å². The van der Waals surface area contributed by atoms with Crippen LogP contribution in [0.1, 0.15) is 0 Å². The molecule has 13 aromatic rings. The average Bonchev–Trinajstić information content (AvgIpc) is 4.03. The number of fused-ring (bicyclic) bond motifs is 12. The topological polar surface area (TPSA) is 36.1 Å². The molecule has 0 aliphatic heterocycles. The summed E-state index contributed by atoms with van der Waals surface area (Å²) in [5, 5.41) is 9.35. The predicted molar refractivity (Wildman–Crippen MR) is 241 cm³/mol. The fraction of sp³-hybridized carbons (Fsp3) is 0. The molecule has 0 saturated heterocycles. The molecule has 0 aliphatic carbocycles. The van der Waals surface area contributed by atoms with Gasteiger partial charge in [-0.1, -0.05) is 109 Å². The fourth-order valence-electron chi connectivity index (χ4n) is 9.51. The summed E-state index contributed by atoms with van der Waals surface area (Å²) >= 11 is 0. The van der Waals surface area contributed by atoms with Gasteiger partial charge in [-0.25, -0.2) is 0 Å². The molecule has 13 rings (SSSR count). The molecular formula is C54H32N2O2. The summed E-state index contributed by atoms with van der Waals surface area (Å²) in [6, 6.07) is 69.8.